The largest absolute Gasteiger partial charge is 0.495 e. The average Bonchev–Trinajstić information content (AvgIpc) is 2.67. The molecule has 0 saturated carbocycles. The van der Waals surface area contributed by atoms with E-state index in [1.807, 2.05) is 26.0 Å². The van der Waals surface area contributed by atoms with Gasteiger partial charge in [0.25, 0.3) is 0 Å². The second kappa shape index (κ2) is 4.81. The monoisotopic (exact) mass is 249 g/mol. The van der Waals surface area contributed by atoms with Crippen LogP contribution in [0.3, 0.4) is 0 Å². The lowest BCUT2D eigenvalue weighted by Gasteiger charge is -2.13. The minimum absolute atomic E-state index is 0.280. The molecule has 5 heteroatoms. The lowest BCUT2D eigenvalue weighted by Crippen LogP contribution is -2.14. The highest BCUT2D eigenvalue weighted by Gasteiger charge is 2.19. The number of nitrogens with zero attached hydrogens (tertiary/aromatic N) is 2. The first-order valence-corrected chi connectivity index (χ1v) is 6.13. The fraction of sp³-hybridized carbons (Fsp3) is 0.333. The quantitative estimate of drug-likeness (QED) is 0.906. The highest BCUT2D eigenvalue weighted by atomic mass is 32.1. The maximum absolute atomic E-state index is 6.23. The summed E-state index contributed by atoms with van der Waals surface area (Å²) in [5.74, 6) is 0.713. The molecule has 17 heavy (non-hydrogen) atoms. The van der Waals surface area contributed by atoms with Gasteiger partial charge in [0.15, 0.2) is 0 Å². The fourth-order valence-corrected chi connectivity index (χ4v) is 2.70. The smallest absolute Gasteiger partial charge is 0.142 e. The Balaban J connectivity index is 2.43. The molecule has 0 spiro atoms. The maximum Gasteiger partial charge on any atom is 0.142 e. The summed E-state index contributed by atoms with van der Waals surface area (Å²) >= 11 is 1.60. The Bertz CT molecular complexity index is 524. The first kappa shape index (κ1) is 12.0. The summed E-state index contributed by atoms with van der Waals surface area (Å²) in [5, 5.41) is 1.02. The van der Waals surface area contributed by atoms with Crippen molar-refractivity contribution in [2.24, 2.45) is 5.73 Å². The first-order valence-electron chi connectivity index (χ1n) is 5.32. The zero-order valence-electron chi connectivity index (χ0n) is 10.1. The van der Waals surface area contributed by atoms with Gasteiger partial charge in [-0.3, -0.25) is 4.98 Å². The molecule has 90 valence electrons. The van der Waals surface area contributed by atoms with E-state index < -0.39 is 0 Å². The predicted molar refractivity (Wildman–Crippen MR) is 68.4 cm³/mol. The minimum Gasteiger partial charge on any atom is -0.495 e. The van der Waals surface area contributed by atoms with Gasteiger partial charge in [-0.1, -0.05) is 0 Å². The topological polar surface area (TPSA) is 61.0 Å². The molecule has 4 nitrogen and oxygen atoms in total. The van der Waals surface area contributed by atoms with Gasteiger partial charge in [0.1, 0.15) is 11.4 Å². The zero-order valence-corrected chi connectivity index (χ0v) is 10.9. The van der Waals surface area contributed by atoms with Crippen LogP contribution < -0.4 is 10.5 Å². The van der Waals surface area contributed by atoms with Gasteiger partial charge in [0, 0.05) is 6.20 Å². The van der Waals surface area contributed by atoms with Gasteiger partial charge in [-0.05, 0) is 26.0 Å². The summed E-state index contributed by atoms with van der Waals surface area (Å²) in [6.07, 6.45) is 1.72. The number of hydrogen-bond donors (Lipinski definition) is 1. The molecule has 0 aliphatic heterocycles. The first-order chi connectivity index (χ1) is 8.13. The Hall–Kier alpha value is -1.46. The number of hydrogen-bond acceptors (Lipinski definition) is 5. The molecule has 2 N–H and O–H groups in total. The summed E-state index contributed by atoms with van der Waals surface area (Å²) in [6, 6.07) is 3.42. The molecular formula is C12H15N3OS. The van der Waals surface area contributed by atoms with Crippen LogP contribution in [0.4, 0.5) is 0 Å². The van der Waals surface area contributed by atoms with E-state index in [9.17, 15) is 0 Å². The van der Waals surface area contributed by atoms with Crippen LogP contribution in [0.25, 0.3) is 0 Å². The molecule has 2 aromatic rings. The van der Waals surface area contributed by atoms with Crippen molar-refractivity contribution in [3.8, 4) is 5.75 Å². The molecule has 2 rings (SSSR count). The second-order valence-electron chi connectivity index (χ2n) is 3.75. The van der Waals surface area contributed by atoms with Crippen molar-refractivity contribution < 1.29 is 4.74 Å². The van der Waals surface area contributed by atoms with Gasteiger partial charge in [-0.25, -0.2) is 4.98 Å². The summed E-state index contributed by atoms with van der Waals surface area (Å²) in [6.45, 7) is 3.94. The van der Waals surface area contributed by atoms with Crippen LogP contribution in [-0.4, -0.2) is 17.1 Å². The van der Waals surface area contributed by atoms with Crippen molar-refractivity contribution in [3.63, 3.8) is 0 Å². The van der Waals surface area contributed by atoms with E-state index in [1.165, 1.54) is 0 Å². The standard InChI is InChI=1S/C12H15N3OS/c1-7-12(17-8(2)15-7)10(13)11-9(16-3)5-4-6-14-11/h4-6,10H,13H2,1-3H3. The van der Waals surface area contributed by atoms with Gasteiger partial charge in [-0.2, -0.15) is 0 Å². The average molecular weight is 249 g/mol. The molecule has 0 amide bonds. The van der Waals surface area contributed by atoms with Gasteiger partial charge in [0.05, 0.1) is 28.7 Å². The SMILES string of the molecule is COc1cccnc1C(N)c1sc(C)nc1C. The normalized spacial score (nSPS) is 12.5. The van der Waals surface area contributed by atoms with Crippen LogP contribution in [0.15, 0.2) is 18.3 Å². The van der Waals surface area contributed by atoms with E-state index in [2.05, 4.69) is 9.97 Å². The molecule has 0 aromatic carbocycles. The van der Waals surface area contributed by atoms with E-state index in [1.54, 1.807) is 24.6 Å². The van der Waals surface area contributed by atoms with Crippen LogP contribution in [0.2, 0.25) is 0 Å². The Labute approximate surface area is 104 Å². The predicted octanol–water partition coefficient (Wildman–Crippen LogP) is 2.21. The van der Waals surface area contributed by atoms with E-state index in [4.69, 9.17) is 10.5 Å². The molecule has 2 heterocycles. The van der Waals surface area contributed by atoms with Gasteiger partial charge in [-0.15, -0.1) is 11.3 Å². The third-order valence-electron chi connectivity index (χ3n) is 2.54. The minimum atomic E-state index is -0.280. The van der Waals surface area contributed by atoms with Crippen molar-refractivity contribution in [3.05, 3.63) is 39.6 Å². The molecule has 1 unspecified atom stereocenters. The van der Waals surface area contributed by atoms with Crippen LogP contribution in [0.5, 0.6) is 5.75 Å². The van der Waals surface area contributed by atoms with Crippen molar-refractivity contribution in [1.29, 1.82) is 0 Å². The van der Waals surface area contributed by atoms with Crippen LogP contribution >= 0.6 is 11.3 Å². The van der Waals surface area contributed by atoms with Crippen LogP contribution in [0, 0.1) is 13.8 Å². The molecule has 0 aliphatic rings. The highest BCUT2D eigenvalue weighted by molar-refractivity contribution is 7.11. The van der Waals surface area contributed by atoms with Crippen molar-refractivity contribution in [2.75, 3.05) is 7.11 Å². The van der Waals surface area contributed by atoms with E-state index in [0.29, 0.717) is 5.75 Å². The fourth-order valence-electron chi connectivity index (χ4n) is 1.77. The van der Waals surface area contributed by atoms with Crippen molar-refractivity contribution in [2.45, 2.75) is 19.9 Å². The van der Waals surface area contributed by atoms with Crippen molar-refractivity contribution >= 4 is 11.3 Å². The second-order valence-corrected chi connectivity index (χ2v) is 4.99. The summed E-state index contributed by atoms with van der Waals surface area (Å²) in [4.78, 5) is 9.73. The van der Waals surface area contributed by atoms with Gasteiger partial charge in [0.2, 0.25) is 0 Å². The lowest BCUT2D eigenvalue weighted by atomic mass is 10.1. The molecule has 0 bridgehead atoms. The number of nitrogens with two attached hydrogens (primary N) is 1. The number of ether oxygens (including phenoxy) is 1. The van der Waals surface area contributed by atoms with E-state index in [0.717, 1.165) is 21.3 Å². The summed E-state index contributed by atoms with van der Waals surface area (Å²) in [7, 11) is 1.62. The van der Waals surface area contributed by atoms with E-state index >= 15 is 0 Å². The van der Waals surface area contributed by atoms with Gasteiger partial charge >= 0.3 is 0 Å². The molecule has 0 saturated heterocycles. The summed E-state index contributed by atoms with van der Waals surface area (Å²) < 4.78 is 5.28. The third-order valence-corrected chi connectivity index (χ3v) is 3.69. The molecule has 0 fully saturated rings. The number of methoxy groups -OCH3 is 1. The Kier molecular flexibility index (Phi) is 3.40. The van der Waals surface area contributed by atoms with Gasteiger partial charge < -0.3 is 10.5 Å². The summed E-state index contributed by atoms with van der Waals surface area (Å²) in [5.41, 5.74) is 7.95. The molecule has 2 aromatic heterocycles. The number of pyridine rings is 1. The lowest BCUT2D eigenvalue weighted by molar-refractivity contribution is 0.405. The Morgan fingerprint density at radius 3 is 2.76 bits per heavy atom. The number of aromatic nitrogens is 2. The zero-order chi connectivity index (χ0) is 12.4. The third kappa shape index (κ3) is 2.30. The molecule has 0 radical (unpaired) electrons. The highest BCUT2D eigenvalue weighted by Crippen LogP contribution is 2.31. The Morgan fingerprint density at radius 1 is 1.41 bits per heavy atom. The molecular weight excluding hydrogens is 234 g/mol. The molecule has 1 atom stereocenters. The van der Waals surface area contributed by atoms with E-state index in [-0.39, 0.29) is 6.04 Å². The van der Waals surface area contributed by atoms with Crippen LogP contribution in [0.1, 0.15) is 27.3 Å². The molecule has 0 aliphatic carbocycles. The van der Waals surface area contributed by atoms with Crippen molar-refractivity contribution in [1.82, 2.24) is 9.97 Å². The number of thiazole rings is 1. The Morgan fingerprint density at radius 2 is 2.18 bits per heavy atom. The number of rotatable bonds is 3. The number of aryl methyl sites for hydroxylation is 2. The van der Waals surface area contributed by atoms with Crippen LogP contribution in [-0.2, 0) is 0 Å². The maximum atomic E-state index is 6.23.